The normalized spacial score (nSPS) is 12.4. The van der Waals surface area contributed by atoms with Gasteiger partial charge in [-0.3, -0.25) is 0 Å². The average Bonchev–Trinajstić information content (AvgIpc) is 2.85. The minimum Gasteiger partial charge on any atom is -0.388 e. The zero-order chi connectivity index (χ0) is 12.1. The SMILES string of the molecule is OC(CCNc1ccccc1Cl)c1cccs1. The summed E-state index contributed by atoms with van der Waals surface area (Å²) >= 11 is 7.59. The Morgan fingerprint density at radius 2 is 2.06 bits per heavy atom. The lowest BCUT2D eigenvalue weighted by molar-refractivity contribution is 0.175. The second kappa shape index (κ2) is 6.05. The summed E-state index contributed by atoms with van der Waals surface area (Å²) in [5.74, 6) is 0. The second-order valence-electron chi connectivity index (χ2n) is 3.73. The van der Waals surface area contributed by atoms with Gasteiger partial charge in [0.2, 0.25) is 0 Å². The Hall–Kier alpha value is -1.03. The zero-order valence-corrected chi connectivity index (χ0v) is 10.8. The van der Waals surface area contributed by atoms with E-state index in [0.29, 0.717) is 18.0 Å². The third-order valence-corrected chi connectivity index (χ3v) is 3.78. The lowest BCUT2D eigenvalue weighted by Gasteiger charge is -2.11. The lowest BCUT2D eigenvalue weighted by Crippen LogP contribution is -2.06. The Bertz CT molecular complexity index is 458. The summed E-state index contributed by atoms with van der Waals surface area (Å²) in [7, 11) is 0. The summed E-state index contributed by atoms with van der Waals surface area (Å²) < 4.78 is 0. The van der Waals surface area contributed by atoms with E-state index in [-0.39, 0.29) is 0 Å². The van der Waals surface area contributed by atoms with Gasteiger partial charge in [0.1, 0.15) is 0 Å². The van der Waals surface area contributed by atoms with E-state index in [1.165, 1.54) is 0 Å². The van der Waals surface area contributed by atoms with Crippen LogP contribution in [0.5, 0.6) is 0 Å². The largest absolute Gasteiger partial charge is 0.388 e. The van der Waals surface area contributed by atoms with Gasteiger partial charge in [-0.1, -0.05) is 29.8 Å². The first kappa shape index (κ1) is 12.4. The van der Waals surface area contributed by atoms with Crippen molar-refractivity contribution in [3.05, 3.63) is 51.7 Å². The second-order valence-corrected chi connectivity index (χ2v) is 5.11. The van der Waals surface area contributed by atoms with E-state index in [1.54, 1.807) is 11.3 Å². The molecule has 0 aliphatic rings. The number of halogens is 1. The topological polar surface area (TPSA) is 32.3 Å². The Kier molecular flexibility index (Phi) is 4.42. The van der Waals surface area contributed by atoms with Crippen LogP contribution in [0.1, 0.15) is 17.4 Å². The van der Waals surface area contributed by atoms with Gasteiger partial charge in [0.05, 0.1) is 16.8 Å². The molecule has 0 amide bonds. The fraction of sp³-hybridized carbons (Fsp3) is 0.231. The van der Waals surface area contributed by atoms with E-state index in [0.717, 1.165) is 10.6 Å². The van der Waals surface area contributed by atoms with Gasteiger partial charge < -0.3 is 10.4 Å². The summed E-state index contributed by atoms with van der Waals surface area (Å²) in [6, 6.07) is 11.5. The highest BCUT2D eigenvalue weighted by Gasteiger charge is 2.07. The highest BCUT2D eigenvalue weighted by Crippen LogP contribution is 2.23. The zero-order valence-electron chi connectivity index (χ0n) is 9.27. The van der Waals surface area contributed by atoms with Crippen molar-refractivity contribution in [2.24, 2.45) is 0 Å². The summed E-state index contributed by atoms with van der Waals surface area (Å²) in [4.78, 5) is 1.01. The molecule has 1 unspecified atom stereocenters. The third kappa shape index (κ3) is 3.46. The van der Waals surface area contributed by atoms with Crippen molar-refractivity contribution in [2.75, 3.05) is 11.9 Å². The number of hydrogen-bond donors (Lipinski definition) is 2. The standard InChI is InChI=1S/C13H14ClNOS/c14-10-4-1-2-5-11(10)15-8-7-12(16)13-6-3-9-17-13/h1-6,9,12,15-16H,7-8H2. The molecule has 1 heterocycles. The van der Waals surface area contributed by atoms with Crippen LogP contribution in [0, 0.1) is 0 Å². The number of rotatable bonds is 5. The molecule has 90 valence electrons. The maximum Gasteiger partial charge on any atom is 0.0898 e. The van der Waals surface area contributed by atoms with Crippen molar-refractivity contribution in [1.82, 2.24) is 0 Å². The molecule has 0 aliphatic heterocycles. The van der Waals surface area contributed by atoms with Crippen LogP contribution in [0.15, 0.2) is 41.8 Å². The van der Waals surface area contributed by atoms with Crippen molar-refractivity contribution >= 4 is 28.6 Å². The Balaban J connectivity index is 1.82. The Labute approximate surface area is 110 Å². The fourth-order valence-corrected chi connectivity index (χ4v) is 2.52. The molecule has 2 N–H and O–H groups in total. The van der Waals surface area contributed by atoms with Gasteiger partial charge in [-0.25, -0.2) is 0 Å². The molecule has 1 aromatic heterocycles. The predicted molar refractivity (Wildman–Crippen MR) is 73.8 cm³/mol. The van der Waals surface area contributed by atoms with Crippen molar-refractivity contribution in [2.45, 2.75) is 12.5 Å². The highest BCUT2D eigenvalue weighted by atomic mass is 35.5. The molecule has 0 aliphatic carbocycles. The first-order valence-corrected chi connectivity index (χ1v) is 6.73. The third-order valence-electron chi connectivity index (χ3n) is 2.48. The van der Waals surface area contributed by atoms with E-state index in [1.807, 2.05) is 41.8 Å². The number of aliphatic hydroxyl groups excluding tert-OH is 1. The van der Waals surface area contributed by atoms with Crippen molar-refractivity contribution < 1.29 is 5.11 Å². The molecule has 2 nitrogen and oxygen atoms in total. The summed E-state index contributed by atoms with van der Waals surface area (Å²) in [5.41, 5.74) is 0.910. The van der Waals surface area contributed by atoms with Crippen molar-refractivity contribution in [3.8, 4) is 0 Å². The molecule has 0 saturated carbocycles. The molecule has 2 aromatic rings. The van der Waals surface area contributed by atoms with Crippen LogP contribution in [0.25, 0.3) is 0 Å². The van der Waals surface area contributed by atoms with Gasteiger partial charge in [-0.05, 0) is 30.0 Å². The fourth-order valence-electron chi connectivity index (χ4n) is 1.57. The van der Waals surface area contributed by atoms with Crippen LogP contribution >= 0.6 is 22.9 Å². The lowest BCUT2D eigenvalue weighted by atomic mass is 10.2. The molecular weight excluding hydrogens is 254 g/mol. The minimum atomic E-state index is -0.398. The van der Waals surface area contributed by atoms with Gasteiger partial charge in [0, 0.05) is 11.4 Å². The molecule has 4 heteroatoms. The Morgan fingerprint density at radius 1 is 1.24 bits per heavy atom. The molecule has 2 rings (SSSR count). The molecule has 0 saturated heterocycles. The van der Waals surface area contributed by atoms with Crippen LogP contribution in [0.4, 0.5) is 5.69 Å². The molecule has 1 aromatic carbocycles. The maximum absolute atomic E-state index is 9.89. The molecule has 0 radical (unpaired) electrons. The van der Waals surface area contributed by atoms with E-state index in [4.69, 9.17) is 11.6 Å². The van der Waals surface area contributed by atoms with Crippen LogP contribution in [-0.2, 0) is 0 Å². The van der Waals surface area contributed by atoms with Crippen LogP contribution in [-0.4, -0.2) is 11.7 Å². The van der Waals surface area contributed by atoms with E-state index in [9.17, 15) is 5.11 Å². The molecular formula is C13H14ClNOS. The smallest absolute Gasteiger partial charge is 0.0898 e. The monoisotopic (exact) mass is 267 g/mol. The Morgan fingerprint density at radius 3 is 2.76 bits per heavy atom. The number of para-hydroxylation sites is 1. The molecule has 17 heavy (non-hydrogen) atoms. The highest BCUT2D eigenvalue weighted by molar-refractivity contribution is 7.10. The van der Waals surface area contributed by atoms with Crippen LogP contribution in [0.3, 0.4) is 0 Å². The number of thiophene rings is 1. The minimum absolute atomic E-state index is 0.398. The van der Waals surface area contributed by atoms with Crippen molar-refractivity contribution in [1.29, 1.82) is 0 Å². The van der Waals surface area contributed by atoms with Gasteiger partial charge in [0.15, 0.2) is 0 Å². The van der Waals surface area contributed by atoms with Gasteiger partial charge in [-0.2, -0.15) is 0 Å². The average molecular weight is 268 g/mol. The molecule has 1 atom stereocenters. The predicted octanol–water partition coefficient (Wildman–Crippen LogP) is 3.94. The molecule has 0 spiro atoms. The number of nitrogens with one attached hydrogen (secondary N) is 1. The number of aliphatic hydroxyl groups is 1. The van der Waals surface area contributed by atoms with Gasteiger partial charge in [-0.15, -0.1) is 11.3 Å². The summed E-state index contributed by atoms with van der Waals surface area (Å²) in [6.07, 6.45) is 0.274. The number of hydrogen-bond acceptors (Lipinski definition) is 3. The number of anilines is 1. The quantitative estimate of drug-likeness (QED) is 0.860. The van der Waals surface area contributed by atoms with Gasteiger partial charge >= 0.3 is 0 Å². The van der Waals surface area contributed by atoms with Crippen LogP contribution < -0.4 is 5.32 Å². The van der Waals surface area contributed by atoms with E-state index < -0.39 is 6.10 Å². The molecule has 0 fully saturated rings. The van der Waals surface area contributed by atoms with Crippen molar-refractivity contribution in [3.63, 3.8) is 0 Å². The maximum atomic E-state index is 9.89. The van der Waals surface area contributed by atoms with Gasteiger partial charge in [0.25, 0.3) is 0 Å². The molecule has 0 bridgehead atoms. The summed E-state index contributed by atoms with van der Waals surface area (Å²) in [6.45, 7) is 0.697. The first-order chi connectivity index (χ1) is 8.27. The van der Waals surface area contributed by atoms with Crippen LogP contribution in [0.2, 0.25) is 5.02 Å². The van der Waals surface area contributed by atoms with E-state index in [2.05, 4.69) is 5.32 Å². The summed E-state index contributed by atoms with van der Waals surface area (Å²) in [5, 5.41) is 15.8. The first-order valence-electron chi connectivity index (χ1n) is 5.47. The number of benzene rings is 1. The van der Waals surface area contributed by atoms with E-state index >= 15 is 0 Å².